The van der Waals surface area contributed by atoms with E-state index in [2.05, 4.69) is 13.5 Å². The summed E-state index contributed by atoms with van der Waals surface area (Å²) in [5, 5.41) is 9.25. The summed E-state index contributed by atoms with van der Waals surface area (Å²) in [6.07, 6.45) is 4.48. The van der Waals surface area contributed by atoms with Crippen molar-refractivity contribution in [2.45, 2.75) is 32.3 Å². The normalized spacial score (nSPS) is 26.8. The van der Waals surface area contributed by atoms with Gasteiger partial charge in [-0.25, -0.2) is 0 Å². The predicted octanol–water partition coefficient (Wildman–Crippen LogP) is 2.03. The number of aliphatic hydroxyl groups excluding tert-OH is 1. The van der Waals surface area contributed by atoms with E-state index in [4.69, 9.17) is 0 Å². The lowest BCUT2D eigenvalue weighted by Crippen LogP contribution is -2.12. The van der Waals surface area contributed by atoms with E-state index in [1.54, 1.807) is 0 Å². The monoisotopic (exact) mass is 138 g/mol. The number of allylic oxidation sites excluding steroid dienone is 2. The lowest BCUT2D eigenvalue weighted by molar-refractivity contribution is 0.159. The first-order valence-electron chi connectivity index (χ1n) is 3.73. The van der Waals surface area contributed by atoms with Gasteiger partial charge in [0, 0.05) is 0 Å². The van der Waals surface area contributed by atoms with Crippen LogP contribution in [0.15, 0.2) is 23.8 Å². The molecule has 0 fully saturated rings. The van der Waals surface area contributed by atoms with Crippen molar-refractivity contribution in [3.63, 3.8) is 0 Å². The summed E-state index contributed by atoms with van der Waals surface area (Å²) >= 11 is 0. The number of hydrogen-bond acceptors (Lipinski definition) is 1. The minimum Gasteiger partial charge on any atom is -0.393 e. The maximum Gasteiger partial charge on any atom is 0.0583 e. The minimum atomic E-state index is -0.128. The van der Waals surface area contributed by atoms with E-state index in [0.29, 0.717) is 0 Å². The van der Waals surface area contributed by atoms with Crippen molar-refractivity contribution in [3.8, 4) is 0 Å². The van der Waals surface area contributed by atoms with E-state index < -0.39 is 0 Å². The van der Waals surface area contributed by atoms with E-state index >= 15 is 0 Å². The molecule has 0 aromatic carbocycles. The predicted molar refractivity (Wildman–Crippen MR) is 42.8 cm³/mol. The highest BCUT2D eigenvalue weighted by Crippen LogP contribution is 2.24. The molecular formula is C9H14O. The molecule has 0 bridgehead atoms. The lowest BCUT2D eigenvalue weighted by Gasteiger charge is -2.19. The third kappa shape index (κ3) is 1.48. The van der Waals surface area contributed by atoms with Gasteiger partial charge < -0.3 is 5.11 Å². The van der Waals surface area contributed by atoms with Crippen LogP contribution in [0.3, 0.4) is 0 Å². The molecule has 1 rings (SSSR count). The van der Waals surface area contributed by atoms with Gasteiger partial charge in [0.25, 0.3) is 0 Å². The van der Waals surface area contributed by atoms with E-state index in [1.807, 2.05) is 6.08 Å². The molecule has 0 saturated heterocycles. The fourth-order valence-corrected chi connectivity index (χ4v) is 1.33. The van der Waals surface area contributed by atoms with Gasteiger partial charge in [0.1, 0.15) is 0 Å². The summed E-state index contributed by atoms with van der Waals surface area (Å²) in [5.74, 6) is 0. The minimum absolute atomic E-state index is 0.128. The van der Waals surface area contributed by atoms with Crippen molar-refractivity contribution < 1.29 is 5.11 Å². The smallest absolute Gasteiger partial charge is 0.0583 e. The Balaban J connectivity index is 2.71. The third-order valence-electron chi connectivity index (χ3n) is 2.10. The zero-order valence-electron chi connectivity index (χ0n) is 6.43. The van der Waals surface area contributed by atoms with Crippen LogP contribution in [0.1, 0.15) is 26.2 Å². The molecule has 10 heavy (non-hydrogen) atoms. The highest BCUT2D eigenvalue weighted by atomic mass is 16.3. The molecule has 0 unspecified atom stereocenters. The lowest BCUT2D eigenvalue weighted by atomic mass is 9.91. The Morgan fingerprint density at radius 3 is 2.90 bits per heavy atom. The first-order chi connectivity index (χ1) is 4.74. The van der Waals surface area contributed by atoms with E-state index in [1.165, 1.54) is 11.1 Å². The highest BCUT2D eigenvalue weighted by Gasteiger charge is 2.13. The van der Waals surface area contributed by atoms with Gasteiger partial charge in [-0.05, 0) is 31.8 Å². The number of rotatable bonds is 1. The summed E-state index contributed by atoms with van der Waals surface area (Å²) in [4.78, 5) is 0. The molecule has 0 amide bonds. The van der Waals surface area contributed by atoms with Gasteiger partial charge in [-0.3, -0.25) is 0 Å². The molecule has 0 spiro atoms. The second-order valence-electron chi connectivity index (χ2n) is 2.91. The van der Waals surface area contributed by atoms with Gasteiger partial charge in [-0.1, -0.05) is 18.2 Å². The molecule has 1 N–H and O–H groups in total. The van der Waals surface area contributed by atoms with Crippen LogP contribution >= 0.6 is 0 Å². The molecule has 0 aliphatic heterocycles. The summed E-state index contributed by atoms with van der Waals surface area (Å²) in [5.41, 5.74) is 2.62. The maximum absolute atomic E-state index is 9.25. The van der Waals surface area contributed by atoms with Crippen LogP contribution in [0.5, 0.6) is 0 Å². The molecule has 56 valence electrons. The Labute approximate surface area is 62.1 Å². The quantitative estimate of drug-likeness (QED) is 0.588. The molecule has 1 atom stereocenters. The van der Waals surface area contributed by atoms with E-state index in [-0.39, 0.29) is 6.10 Å². The second-order valence-corrected chi connectivity index (χ2v) is 2.91. The van der Waals surface area contributed by atoms with Crippen molar-refractivity contribution in [3.05, 3.63) is 23.8 Å². The molecular weight excluding hydrogens is 124 g/mol. The molecule has 0 aromatic rings. The zero-order chi connectivity index (χ0) is 7.56. The zero-order valence-corrected chi connectivity index (χ0v) is 6.43. The van der Waals surface area contributed by atoms with Crippen molar-refractivity contribution in [1.82, 2.24) is 0 Å². The molecule has 1 nitrogen and oxygen atoms in total. The molecule has 1 aliphatic carbocycles. The van der Waals surface area contributed by atoms with E-state index in [0.717, 1.165) is 19.3 Å². The summed E-state index contributed by atoms with van der Waals surface area (Å²) in [7, 11) is 0. The van der Waals surface area contributed by atoms with Crippen LogP contribution in [0.4, 0.5) is 0 Å². The van der Waals surface area contributed by atoms with Crippen LogP contribution < -0.4 is 0 Å². The molecule has 1 heteroatoms. The fraction of sp³-hybridized carbons (Fsp3) is 0.556. The third-order valence-corrected chi connectivity index (χ3v) is 2.10. The highest BCUT2D eigenvalue weighted by molar-refractivity contribution is 5.25. The van der Waals surface area contributed by atoms with Crippen LogP contribution in [0.25, 0.3) is 0 Å². The van der Waals surface area contributed by atoms with Gasteiger partial charge >= 0.3 is 0 Å². The number of hydrogen-bond donors (Lipinski definition) is 1. The van der Waals surface area contributed by atoms with Crippen LogP contribution in [0.2, 0.25) is 0 Å². The van der Waals surface area contributed by atoms with Crippen molar-refractivity contribution in [2.24, 2.45) is 0 Å². The Bertz CT molecular complexity index is 168. The molecule has 0 radical (unpaired) electrons. The second kappa shape index (κ2) is 3.02. The average Bonchev–Trinajstić information content (AvgIpc) is 1.94. The Hall–Kier alpha value is -0.560. The maximum atomic E-state index is 9.25. The summed E-state index contributed by atoms with van der Waals surface area (Å²) in [6.45, 7) is 5.81. The Kier molecular flexibility index (Phi) is 2.28. The fourth-order valence-electron chi connectivity index (χ4n) is 1.33. The largest absolute Gasteiger partial charge is 0.393 e. The van der Waals surface area contributed by atoms with Crippen LogP contribution in [-0.4, -0.2) is 11.2 Å². The van der Waals surface area contributed by atoms with Crippen molar-refractivity contribution in [2.75, 3.05) is 0 Å². The van der Waals surface area contributed by atoms with Gasteiger partial charge in [-0.2, -0.15) is 0 Å². The summed E-state index contributed by atoms with van der Waals surface area (Å²) in [6, 6.07) is 0. The van der Waals surface area contributed by atoms with Crippen molar-refractivity contribution >= 4 is 0 Å². The van der Waals surface area contributed by atoms with Gasteiger partial charge in [-0.15, -0.1) is 0 Å². The summed E-state index contributed by atoms with van der Waals surface area (Å²) < 4.78 is 0. The SMILES string of the molecule is C=CC1=C(C)CC[C@H](O)C1. The Morgan fingerprint density at radius 1 is 1.70 bits per heavy atom. The standard InChI is InChI=1S/C9H14O/c1-3-8-6-9(10)5-4-7(8)2/h3,9-10H,1,4-6H2,2H3/t9-/m0/s1. The first kappa shape index (κ1) is 7.55. The molecule has 0 aromatic heterocycles. The topological polar surface area (TPSA) is 20.2 Å². The van der Waals surface area contributed by atoms with Gasteiger partial charge in [0.05, 0.1) is 6.10 Å². The van der Waals surface area contributed by atoms with Crippen LogP contribution in [-0.2, 0) is 0 Å². The Morgan fingerprint density at radius 2 is 2.40 bits per heavy atom. The van der Waals surface area contributed by atoms with E-state index in [9.17, 15) is 5.11 Å². The molecule has 0 saturated carbocycles. The van der Waals surface area contributed by atoms with Crippen LogP contribution in [0, 0.1) is 0 Å². The van der Waals surface area contributed by atoms with Crippen molar-refractivity contribution in [1.29, 1.82) is 0 Å². The average molecular weight is 138 g/mol. The molecule has 1 aliphatic rings. The van der Waals surface area contributed by atoms with Gasteiger partial charge in [0.15, 0.2) is 0 Å². The first-order valence-corrected chi connectivity index (χ1v) is 3.73. The van der Waals surface area contributed by atoms with Gasteiger partial charge in [0.2, 0.25) is 0 Å². The molecule has 0 heterocycles. The number of aliphatic hydroxyl groups is 1.